The highest BCUT2D eigenvalue weighted by atomic mass is 16.5. The summed E-state index contributed by atoms with van der Waals surface area (Å²) in [6.07, 6.45) is 2.11. The van der Waals surface area contributed by atoms with Crippen molar-refractivity contribution in [3.05, 3.63) is 54.1 Å². The van der Waals surface area contributed by atoms with Crippen LogP contribution in [-0.2, 0) is 4.79 Å². The first-order valence-corrected chi connectivity index (χ1v) is 9.74. The van der Waals surface area contributed by atoms with Crippen LogP contribution in [0.25, 0.3) is 0 Å². The molecule has 2 aromatic carbocycles. The van der Waals surface area contributed by atoms with Crippen LogP contribution >= 0.6 is 0 Å². The summed E-state index contributed by atoms with van der Waals surface area (Å²) in [5.41, 5.74) is 2.35. The van der Waals surface area contributed by atoms with Crippen molar-refractivity contribution in [3.63, 3.8) is 0 Å². The number of benzene rings is 2. The number of carbonyl (C=O) groups is 2. The number of piperazine rings is 1. The largest absolute Gasteiger partial charge is 0.496 e. The van der Waals surface area contributed by atoms with E-state index in [9.17, 15) is 9.59 Å². The van der Waals surface area contributed by atoms with E-state index in [0.29, 0.717) is 17.2 Å². The first-order chi connectivity index (χ1) is 13.7. The van der Waals surface area contributed by atoms with Gasteiger partial charge >= 0.3 is 0 Å². The van der Waals surface area contributed by atoms with Crippen LogP contribution in [0.5, 0.6) is 5.75 Å². The Morgan fingerprint density at radius 2 is 1.64 bits per heavy atom. The van der Waals surface area contributed by atoms with Crippen molar-refractivity contribution in [2.75, 3.05) is 43.5 Å². The van der Waals surface area contributed by atoms with Crippen molar-refractivity contribution in [1.29, 1.82) is 0 Å². The normalized spacial score (nSPS) is 16.6. The molecular weight excluding hydrogens is 354 g/mol. The fourth-order valence-electron chi connectivity index (χ4n) is 3.56. The van der Waals surface area contributed by atoms with Crippen molar-refractivity contribution >= 4 is 23.2 Å². The predicted octanol–water partition coefficient (Wildman–Crippen LogP) is 3.01. The highest BCUT2D eigenvalue weighted by Gasteiger charge is 2.34. The van der Waals surface area contributed by atoms with Crippen molar-refractivity contribution < 1.29 is 14.3 Å². The topological polar surface area (TPSA) is 61.9 Å². The number of anilines is 2. The Morgan fingerprint density at radius 1 is 0.964 bits per heavy atom. The van der Waals surface area contributed by atoms with E-state index in [4.69, 9.17) is 4.74 Å². The lowest BCUT2D eigenvalue weighted by molar-refractivity contribution is -0.132. The number of para-hydroxylation sites is 1. The van der Waals surface area contributed by atoms with E-state index in [-0.39, 0.29) is 11.8 Å². The molecule has 2 fully saturated rings. The standard InChI is InChI=1S/C22H25N3O3/c1-28-20-5-3-2-4-19(20)21(26)23-17-8-10-18(11-9-17)24-12-14-25(15-13-24)22(27)16-6-7-16/h2-5,8-11,16H,6-7,12-15H2,1H3,(H,23,26). The van der Waals surface area contributed by atoms with Crippen LogP contribution < -0.4 is 15.0 Å². The van der Waals surface area contributed by atoms with Gasteiger partial charge < -0.3 is 19.9 Å². The Hall–Kier alpha value is -3.02. The van der Waals surface area contributed by atoms with Crippen molar-refractivity contribution in [1.82, 2.24) is 4.90 Å². The Labute approximate surface area is 165 Å². The van der Waals surface area contributed by atoms with E-state index in [1.165, 1.54) is 0 Å². The maximum Gasteiger partial charge on any atom is 0.259 e. The minimum atomic E-state index is -0.197. The van der Waals surface area contributed by atoms with E-state index < -0.39 is 0 Å². The number of rotatable bonds is 5. The number of nitrogens with one attached hydrogen (secondary N) is 1. The second-order valence-electron chi connectivity index (χ2n) is 7.29. The Balaban J connectivity index is 1.35. The molecule has 6 nitrogen and oxygen atoms in total. The van der Waals surface area contributed by atoms with Gasteiger partial charge in [-0.2, -0.15) is 0 Å². The average Bonchev–Trinajstić information content (AvgIpc) is 3.59. The number of hydrogen-bond acceptors (Lipinski definition) is 4. The second kappa shape index (κ2) is 7.92. The molecule has 2 aromatic rings. The van der Waals surface area contributed by atoms with Gasteiger partial charge in [-0.3, -0.25) is 9.59 Å². The number of hydrogen-bond donors (Lipinski definition) is 1. The minimum Gasteiger partial charge on any atom is -0.496 e. The number of ether oxygens (including phenoxy) is 1. The molecule has 1 aliphatic carbocycles. The maximum absolute atomic E-state index is 12.5. The highest BCUT2D eigenvalue weighted by Crippen LogP contribution is 2.31. The summed E-state index contributed by atoms with van der Waals surface area (Å²) < 4.78 is 5.25. The molecule has 28 heavy (non-hydrogen) atoms. The van der Waals surface area contributed by atoms with E-state index in [1.807, 2.05) is 41.3 Å². The summed E-state index contributed by atoms with van der Waals surface area (Å²) in [7, 11) is 1.55. The van der Waals surface area contributed by atoms with E-state index in [1.54, 1.807) is 19.2 Å². The van der Waals surface area contributed by atoms with Crippen LogP contribution in [0.2, 0.25) is 0 Å². The van der Waals surface area contributed by atoms with Crippen LogP contribution in [0.3, 0.4) is 0 Å². The summed E-state index contributed by atoms with van der Waals surface area (Å²) in [6.45, 7) is 3.24. The van der Waals surface area contributed by atoms with Crippen LogP contribution in [0.1, 0.15) is 23.2 Å². The minimum absolute atomic E-state index is 0.197. The van der Waals surface area contributed by atoms with Crippen molar-refractivity contribution in [3.8, 4) is 5.75 Å². The van der Waals surface area contributed by atoms with E-state index in [2.05, 4.69) is 10.2 Å². The molecule has 2 amide bonds. The number of carbonyl (C=O) groups excluding carboxylic acids is 2. The monoisotopic (exact) mass is 379 g/mol. The van der Waals surface area contributed by atoms with Gasteiger partial charge in [-0.15, -0.1) is 0 Å². The SMILES string of the molecule is COc1ccccc1C(=O)Nc1ccc(N2CCN(C(=O)C3CC3)CC2)cc1. The highest BCUT2D eigenvalue weighted by molar-refractivity contribution is 6.06. The summed E-state index contributed by atoms with van der Waals surface area (Å²) in [6, 6.07) is 15.0. The molecule has 1 saturated heterocycles. The first-order valence-electron chi connectivity index (χ1n) is 9.74. The average molecular weight is 379 g/mol. The number of nitrogens with zero attached hydrogens (tertiary/aromatic N) is 2. The quantitative estimate of drug-likeness (QED) is 0.868. The third kappa shape index (κ3) is 3.96. The van der Waals surface area contributed by atoms with Crippen LogP contribution in [0.4, 0.5) is 11.4 Å². The molecule has 0 spiro atoms. The van der Waals surface area contributed by atoms with Crippen LogP contribution in [0.15, 0.2) is 48.5 Å². The van der Waals surface area contributed by atoms with Crippen molar-refractivity contribution in [2.45, 2.75) is 12.8 Å². The third-order valence-corrected chi connectivity index (χ3v) is 5.36. The van der Waals surface area contributed by atoms with Gasteiger partial charge in [-0.05, 0) is 49.2 Å². The fraction of sp³-hybridized carbons (Fsp3) is 0.364. The maximum atomic E-state index is 12.5. The van der Waals surface area contributed by atoms with Gasteiger partial charge in [0.25, 0.3) is 5.91 Å². The number of amides is 2. The molecule has 146 valence electrons. The van der Waals surface area contributed by atoms with Gasteiger partial charge in [-0.1, -0.05) is 12.1 Å². The molecule has 1 heterocycles. The summed E-state index contributed by atoms with van der Waals surface area (Å²) in [5, 5.41) is 2.91. The zero-order valence-electron chi connectivity index (χ0n) is 16.1. The van der Waals surface area contributed by atoms with Crippen LogP contribution in [-0.4, -0.2) is 50.0 Å². The van der Waals surface area contributed by atoms with E-state index in [0.717, 1.165) is 50.4 Å². The van der Waals surface area contributed by atoms with Gasteiger partial charge in [0.1, 0.15) is 5.75 Å². The Kier molecular flexibility index (Phi) is 5.19. The zero-order chi connectivity index (χ0) is 19.5. The smallest absolute Gasteiger partial charge is 0.259 e. The molecule has 0 radical (unpaired) electrons. The lowest BCUT2D eigenvalue weighted by atomic mass is 10.1. The predicted molar refractivity (Wildman–Crippen MR) is 109 cm³/mol. The molecule has 0 unspecified atom stereocenters. The van der Waals surface area contributed by atoms with Gasteiger partial charge in [0.05, 0.1) is 12.7 Å². The fourth-order valence-corrected chi connectivity index (χ4v) is 3.56. The molecule has 6 heteroatoms. The molecule has 4 rings (SSSR count). The van der Waals surface area contributed by atoms with Gasteiger partial charge in [0.15, 0.2) is 0 Å². The summed E-state index contributed by atoms with van der Waals surface area (Å²) >= 11 is 0. The van der Waals surface area contributed by atoms with Gasteiger partial charge in [0.2, 0.25) is 5.91 Å². The molecule has 2 aliphatic rings. The first kappa shape index (κ1) is 18.3. The molecule has 0 bridgehead atoms. The Bertz CT molecular complexity index is 854. The van der Waals surface area contributed by atoms with Gasteiger partial charge in [-0.25, -0.2) is 0 Å². The second-order valence-corrected chi connectivity index (χ2v) is 7.29. The van der Waals surface area contributed by atoms with Gasteiger partial charge in [0, 0.05) is 43.5 Å². The summed E-state index contributed by atoms with van der Waals surface area (Å²) in [4.78, 5) is 28.9. The number of methoxy groups -OCH3 is 1. The third-order valence-electron chi connectivity index (χ3n) is 5.36. The summed E-state index contributed by atoms with van der Waals surface area (Å²) in [5.74, 6) is 0.972. The lowest BCUT2D eigenvalue weighted by Gasteiger charge is -2.36. The van der Waals surface area contributed by atoms with Crippen molar-refractivity contribution in [2.24, 2.45) is 5.92 Å². The molecular formula is C22H25N3O3. The molecule has 1 N–H and O–H groups in total. The molecule has 1 aliphatic heterocycles. The lowest BCUT2D eigenvalue weighted by Crippen LogP contribution is -2.49. The molecule has 0 aromatic heterocycles. The van der Waals surface area contributed by atoms with E-state index >= 15 is 0 Å². The molecule has 1 saturated carbocycles. The van der Waals surface area contributed by atoms with Crippen LogP contribution in [0, 0.1) is 5.92 Å². The zero-order valence-corrected chi connectivity index (χ0v) is 16.1. The molecule has 0 atom stereocenters. The Morgan fingerprint density at radius 3 is 2.29 bits per heavy atom.